The summed E-state index contributed by atoms with van der Waals surface area (Å²) in [5.41, 5.74) is -0.0626. The normalized spacial score (nSPS) is 25.6. The number of methoxy groups -OCH3 is 1. The number of anilines is 1. The minimum absolute atomic E-state index is 0.137. The summed E-state index contributed by atoms with van der Waals surface area (Å²) in [6.45, 7) is 1.86. The average Bonchev–Trinajstić information content (AvgIpc) is 3.11. The van der Waals surface area contributed by atoms with E-state index in [1.54, 1.807) is 18.2 Å². The summed E-state index contributed by atoms with van der Waals surface area (Å²) in [5.74, 6) is -0.0630. The Labute approximate surface area is 152 Å². The van der Waals surface area contributed by atoms with Gasteiger partial charge in [-0.1, -0.05) is 18.0 Å². The van der Waals surface area contributed by atoms with Crippen molar-refractivity contribution in [3.05, 3.63) is 23.2 Å². The van der Waals surface area contributed by atoms with E-state index >= 15 is 0 Å². The van der Waals surface area contributed by atoms with E-state index < -0.39 is 11.4 Å². The van der Waals surface area contributed by atoms with Gasteiger partial charge in [0.25, 0.3) is 0 Å². The predicted octanol–water partition coefficient (Wildman–Crippen LogP) is 2.86. The Bertz CT molecular complexity index is 681. The zero-order valence-corrected chi connectivity index (χ0v) is 15.0. The van der Waals surface area contributed by atoms with Crippen LogP contribution in [0.25, 0.3) is 0 Å². The molecule has 0 unspecified atom stereocenters. The maximum absolute atomic E-state index is 12.3. The SMILES string of the molecule is COc1ccc(Cl)cc1NC(=O)CCN1C[C@@H]2CCC[C@@]2(C(=O)O)C1. The zero-order valence-electron chi connectivity index (χ0n) is 14.3. The fourth-order valence-electron chi connectivity index (χ4n) is 4.16. The van der Waals surface area contributed by atoms with E-state index in [9.17, 15) is 14.7 Å². The van der Waals surface area contributed by atoms with Crippen LogP contribution in [0.1, 0.15) is 25.7 Å². The number of halogens is 1. The van der Waals surface area contributed by atoms with Gasteiger partial charge in [-0.05, 0) is 37.0 Å². The Kier molecular flexibility index (Phi) is 5.20. The van der Waals surface area contributed by atoms with E-state index in [4.69, 9.17) is 16.3 Å². The number of aliphatic carboxylic acids is 1. The first-order chi connectivity index (χ1) is 11.9. The number of carboxylic acid groups (broad SMARTS) is 1. The van der Waals surface area contributed by atoms with Crippen LogP contribution in [0, 0.1) is 11.3 Å². The fraction of sp³-hybridized carbons (Fsp3) is 0.556. The van der Waals surface area contributed by atoms with Gasteiger partial charge in [-0.2, -0.15) is 0 Å². The molecule has 136 valence electrons. The number of benzene rings is 1. The molecule has 3 rings (SSSR count). The average molecular weight is 367 g/mol. The molecule has 1 amide bonds. The third-order valence-corrected chi connectivity index (χ3v) is 5.69. The van der Waals surface area contributed by atoms with Crippen LogP contribution in [0.15, 0.2) is 18.2 Å². The lowest BCUT2D eigenvalue weighted by atomic mass is 9.81. The standard InChI is InChI=1S/C18H23ClN2O4/c1-25-15-5-4-13(19)9-14(15)20-16(22)6-8-21-10-12-3-2-7-18(12,11-21)17(23)24/h4-5,9,12H,2-3,6-8,10-11H2,1H3,(H,20,22)(H,23,24)/t12-,18+/m0/s1. The second kappa shape index (κ2) is 7.22. The number of nitrogens with zero attached hydrogens (tertiary/aromatic N) is 1. The van der Waals surface area contributed by atoms with Crippen molar-refractivity contribution in [1.29, 1.82) is 0 Å². The Morgan fingerprint density at radius 2 is 2.28 bits per heavy atom. The molecule has 2 aliphatic rings. The maximum atomic E-state index is 12.3. The number of rotatable bonds is 6. The third kappa shape index (κ3) is 3.60. The van der Waals surface area contributed by atoms with Crippen molar-refractivity contribution in [2.75, 3.05) is 32.1 Å². The molecule has 2 atom stereocenters. The Morgan fingerprint density at radius 3 is 2.96 bits per heavy atom. The molecular formula is C18H23ClN2O4. The first kappa shape index (κ1) is 18.0. The highest BCUT2D eigenvalue weighted by Crippen LogP contribution is 2.48. The summed E-state index contributed by atoms with van der Waals surface area (Å²) >= 11 is 5.97. The molecule has 1 aliphatic heterocycles. The lowest BCUT2D eigenvalue weighted by Crippen LogP contribution is -2.36. The first-order valence-corrected chi connectivity index (χ1v) is 8.91. The summed E-state index contributed by atoms with van der Waals surface area (Å²) in [4.78, 5) is 26.1. The summed E-state index contributed by atoms with van der Waals surface area (Å²) in [6, 6.07) is 5.05. The van der Waals surface area contributed by atoms with Gasteiger partial charge in [0, 0.05) is 31.1 Å². The number of hydrogen-bond donors (Lipinski definition) is 2. The molecule has 0 radical (unpaired) electrons. The second-order valence-corrected chi connectivity index (χ2v) is 7.36. The van der Waals surface area contributed by atoms with E-state index in [-0.39, 0.29) is 11.8 Å². The smallest absolute Gasteiger partial charge is 0.311 e. The Balaban J connectivity index is 1.55. The minimum atomic E-state index is -0.689. The van der Waals surface area contributed by atoms with Crippen molar-refractivity contribution in [2.45, 2.75) is 25.7 Å². The predicted molar refractivity (Wildman–Crippen MR) is 95.1 cm³/mol. The van der Waals surface area contributed by atoms with E-state index in [0.29, 0.717) is 36.0 Å². The summed E-state index contributed by atoms with van der Waals surface area (Å²) < 4.78 is 5.22. The van der Waals surface area contributed by atoms with Gasteiger partial charge in [-0.25, -0.2) is 0 Å². The van der Waals surface area contributed by atoms with Gasteiger partial charge in [-0.15, -0.1) is 0 Å². The molecule has 7 heteroatoms. The molecule has 0 spiro atoms. The third-order valence-electron chi connectivity index (χ3n) is 5.46. The molecule has 1 aliphatic carbocycles. The number of carbonyl (C=O) groups excluding carboxylic acids is 1. The molecule has 6 nitrogen and oxygen atoms in total. The van der Waals surface area contributed by atoms with Gasteiger partial charge >= 0.3 is 5.97 Å². The van der Waals surface area contributed by atoms with Gasteiger partial charge in [-0.3, -0.25) is 9.59 Å². The van der Waals surface area contributed by atoms with Crippen molar-refractivity contribution in [3.8, 4) is 5.75 Å². The molecule has 2 fully saturated rings. The van der Waals surface area contributed by atoms with Crippen LogP contribution in [0.5, 0.6) is 5.75 Å². The van der Waals surface area contributed by atoms with Crippen molar-refractivity contribution in [1.82, 2.24) is 4.90 Å². The van der Waals surface area contributed by atoms with Crippen LogP contribution in [0.2, 0.25) is 5.02 Å². The summed E-state index contributed by atoms with van der Waals surface area (Å²) in [5, 5.41) is 13.0. The van der Waals surface area contributed by atoms with Crippen molar-refractivity contribution < 1.29 is 19.4 Å². The largest absolute Gasteiger partial charge is 0.495 e. The first-order valence-electron chi connectivity index (χ1n) is 8.54. The number of carbonyl (C=O) groups is 2. The number of carboxylic acids is 1. The molecule has 1 saturated carbocycles. The molecule has 2 N–H and O–H groups in total. The number of ether oxygens (including phenoxy) is 1. The van der Waals surface area contributed by atoms with E-state index in [0.717, 1.165) is 25.8 Å². The lowest BCUT2D eigenvalue weighted by molar-refractivity contribution is -0.149. The number of nitrogens with one attached hydrogen (secondary N) is 1. The molecule has 1 aromatic carbocycles. The molecular weight excluding hydrogens is 344 g/mol. The van der Waals surface area contributed by atoms with Gasteiger partial charge in [0.1, 0.15) is 5.75 Å². The molecule has 1 aromatic rings. The Hall–Kier alpha value is -1.79. The molecule has 1 heterocycles. The van der Waals surface area contributed by atoms with Crippen molar-refractivity contribution in [2.24, 2.45) is 11.3 Å². The van der Waals surface area contributed by atoms with Gasteiger partial charge in [0.05, 0.1) is 18.2 Å². The van der Waals surface area contributed by atoms with E-state index in [1.807, 2.05) is 0 Å². The number of likely N-dealkylation sites (tertiary alicyclic amines) is 1. The van der Waals surface area contributed by atoms with E-state index in [1.165, 1.54) is 7.11 Å². The van der Waals surface area contributed by atoms with Gasteiger partial charge in [0.2, 0.25) is 5.91 Å². The highest BCUT2D eigenvalue weighted by atomic mass is 35.5. The maximum Gasteiger partial charge on any atom is 0.311 e. The molecule has 0 aromatic heterocycles. The monoisotopic (exact) mass is 366 g/mol. The van der Waals surface area contributed by atoms with Crippen LogP contribution in [-0.2, 0) is 9.59 Å². The zero-order chi connectivity index (χ0) is 18.0. The topological polar surface area (TPSA) is 78.9 Å². The number of amides is 1. The highest BCUT2D eigenvalue weighted by Gasteiger charge is 2.54. The lowest BCUT2D eigenvalue weighted by Gasteiger charge is -2.23. The fourth-order valence-corrected chi connectivity index (χ4v) is 4.34. The highest BCUT2D eigenvalue weighted by molar-refractivity contribution is 6.31. The van der Waals surface area contributed by atoms with Crippen LogP contribution >= 0.6 is 11.6 Å². The Morgan fingerprint density at radius 1 is 1.48 bits per heavy atom. The second-order valence-electron chi connectivity index (χ2n) is 6.93. The molecule has 0 bridgehead atoms. The van der Waals surface area contributed by atoms with Gasteiger partial charge < -0.3 is 20.1 Å². The van der Waals surface area contributed by atoms with Crippen LogP contribution in [0.3, 0.4) is 0 Å². The molecule has 1 saturated heterocycles. The minimum Gasteiger partial charge on any atom is -0.495 e. The van der Waals surface area contributed by atoms with Crippen LogP contribution in [0.4, 0.5) is 5.69 Å². The summed E-state index contributed by atoms with van der Waals surface area (Å²) in [6.07, 6.45) is 3.00. The molecule has 25 heavy (non-hydrogen) atoms. The van der Waals surface area contributed by atoms with Crippen molar-refractivity contribution >= 4 is 29.2 Å². The quantitative estimate of drug-likeness (QED) is 0.809. The number of fused-ring (bicyclic) bond motifs is 1. The summed E-state index contributed by atoms with van der Waals surface area (Å²) in [7, 11) is 1.53. The number of hydrogen-bond acceptors (Lipinski definition) is 4. The van der Waals surface area contributed by atoms with Gasteiger partial charge in [0.15, 0.2) is 0 Å². The van der Waals surface area contributed by atoms with Crippen LogP contribution < -0.4 is 10.1 Å². The van der Waals surface area contributed by atoms with E-state index in [2.05, 4.69) is 10.2 Å². The van der Waals surface area contributed by atoms with Crippen molar-refractivity contribution in [3.63, 3.8) is 0 Å². The van der Waals surface area contributed by atoms with Crippen LogP contribution in [-0.4, -0.2) is 48.6 Å².